The second kappa shape index (κ2) is 58.4. The van der Waals surface area contributed by atoms with Crippen molar-refractivity contribution in [1.29, 1.82) is 0 Å². The molecule has 0 aliphatic heterocycles. The molecule has 2 unspecified atom stereocenters. The van der Waals surface area contributed by atoms with Crippen molar-refractivity contribution < 1.29 is 80.2 Å². The Balaban J connectivity index is 5.24. The fourth-order valence-electron chi connectivity index (χ4n) is 9.88. The maximum atomic E-state index is 13.0. The average Bonchev–Trinajstić information content (AvgIpc) is 3.55. The molecule has 0 spiro atoms. The van der Waals surface area contributed by atoms with Gasteiger partial charge in [-0.3, -0.25) is 37.3 Å². The molecule has 0 aromatic heterocycles. The van der Waals surface area contributed by atoms with Crippen LogP contribution in [0.4, 0.5) is 0 Å². The van der Waals surface area contributed by atoms with Crippen LogP contribution in [-0.2, 0) is 65.4 Å². The number of rotatable bonds is 65. The molecule has 85 heavy (non-hydrogen) atoms. The molecule has 504 valence electrons. The number of phosphoric ester groups is 2. The third-order valence-electron chi connectivity index (χ3n) is 15.2. The van der Waals surface area contributed by atoms with E-state index in [0.29, 0.717) is 31.6 Å². The topological polar surface area (TPSA) is 237 Å². The summed E-state index contributed by atoms with van der Waals surface area (Å²) in [7, 11) is -9.89. The van der Waals surface area contributed by atoms with Crippen molar-refractivity contribution in [3.8, 4) is 0 Å². The molecule has 5 atom stereocenters. The molecule has 0 rings (SSSR count). The Kier molecular flexibility index (Phi) is 57.1. The molecular weight excluding hydrogens is 1130 g/mol. The van der Waals surface area contributed by atoms with Gasteiger partial charge < -0.3 is 33.8 Å². The van der Waals surface area contributed by atoms with Crippen molar-refractivity contribution in [2.24, 2.45) is 11.8 Å². The minimum absolute atomic E-state index is 0.103. The van der Waals surface area contributed by atoms with Gasteiger partial charge in [0.25, 0.3) is 0 Å². The minimum atomic E-state index is -4.95. The highest BCUT2D eigenvalue weighted by Crippen LogP contribution is 2.45. The fourth-order valence-corrected chi connectivity index (χ4v) is 11.5. The summed E-state index contributed by atoms with van der Waals surface area (Å²) < 4.78 is 68.1. The van der Waals surface area contributed by atoms with Gasteiger partial charge in [0.05, 0.1) is 26.4 Å². The zero-order valence-electron chi connectivity index (χ0n) is 54.9. The van der Waals surface area contributed by atoms with E-state index in [4.69, 9.17) is 37.0 Å². The van der Waals surface area contributed by atoms with Crippen LogP contribution in [0.5, 0.6) is 0 Å². The Bertz CT molecular complexity index is 1670. The Morgan fingerprint density at radius 2 is 0.541 bits per heavy atom. The van der Waals surface area contributed by atoms with Gasteiger partial charge in [0, 0.05) is 25.7 Å². The van der Waals surface area contributed by atoms with Crippen LogP contribution in [0.3, 0.4) is 0 Å². The highest BCUT2D eigenvalue weighted by atomic mass is 31.2. The molecule has 0 aromatic rings. The first-order valence-corrected chi connectivity index (χ1v) is 37.5. The molecule has 0 saturated heterocycles. The summed E-state index contributed by atoms with van der Waals surface area (Å²) >= 11 is 0. The average molecular weight is 1260 g/mol. The Labute approximate surface area is 517 Å². The lowest BCUT2D eigenvalue weighted by Gasteiger charge is -2.21. The number of carbonyl (C=O) groups excluding carboxylic acids is 4. The van der Waals surface area contributed by atoms with Crippen molar-refractivity contribution in [2.75, 3.05) is 39.6 Å². The zero-order chi connectivity index (χ0) is 62.9. The summed E-state index contributed by atoms with van der Waals surface area (Å²) in [5.41, 5.74) is 0. The van der Waals surface area contributed by atoms with E-state index in [1.165, 1.54) is 141 Å². The van der Waals surface area contributed by atoms with Gasteiger partial charge in [0.1, 0.15) is 19.3 Å². The van der Waals surface area contributed by atoms with Gasteiger partial charge in [-0.1, -0.05) is 279 Å². The monoisotopic (exact) mass is 1250 g/mol. The first-order chi connectivity index (χ1) is 40.9. The lowest BCUT2D eigenvalue weighted by molar-refractivity contribution is -0.161. The van der Waals surface area contributed by atoms with E-state index in [0.717, 1.165) is 102 Å². The normalized spacial score (nSPS) is 14.2. The van der Waals surface area contributed by atoms with Crippen LogP contribution in [0.25, 0.3) is 0 Å². The van der Waals surface area contributed by atoms with Crippen LogP contribution >= 0.6 is 15.6 Å². The smallest absolute Gasteiger partial charge is 0.462 e. The van der Waals surface area contributed by atoms with E-state index in [-0.39, 0.29) is 25.7 Å². The molecule has 0 aliphatic carbocycles. The molecule has 0 fully saturated rings. The third-order valence-corrected chi connectivity index (χ3v) is 17.1. The van der Waals surface area contributed by atoms with Crippen LogP contribution in [0.1, 0.15) is 330 Å². The van der Waals surface area contributed by atoms with Crippen molar-refractivity contribution >= 4 is 39.5 Å². The van der Waals surface area contributed by atoms with E-state index in [9.17, 15) is 43.2 Å². The maximum Gasteiger partial charge on any atom is 0.472 e. The molecule has 0 aromatic carbocycles. The molecular formula is C66H128O17P2. The lowest BCUT2D eigenvalue weighted by Crippen LogP contribution is -2.30. The number of unbranched alkanes of at least 4 members (excludes halogenated alkanes) is 35. The summed E-state index contributed by atoms with van der Waals surface area (Å²) in [6.07, 6.45) is 41.8. The Hall–Kier alpha value is -1.94. The lowest BCUT2D eigenvalue weighted by atomic mass is 10.0. The molecule has 19 heteroatoms. The van der Waals surface area contributed by atoms with Gasteiger partial charge in [0.15, 0.2) is 12.2 Å². The molecule has 0 amide bonds. The second-order valence-electron chi connectivity index (χ2n) is 24.8. The molecule has 0 saturated carbocycles. The van der Waals surface area contributed by atoms with E-state index >= 15 is 0 Å². The summed E-state index contributed by atoms with van der Waals surface area (Å²) in [5, 5.41) is 10.5. The van der Waals surface area contributed by atoms with Crippen molar-refractivity contribution in [3.05, 3.63) is 0 Å². The summed E-state index contributed by atoms with van der Waals surface area (Å²) in [6.45, 7) is 9.39. The molecule has 0 bridgehead atoms. The van der Waals surface area contributed by atoms with Crippen molar-refractivity contribution in [2.45, 2.75) is 349 Å². The number of aliphatic hydroxyl groups is 1. The van der Waals surface area contributed by atoms with Crippen LogP contribution in [0.15, 0.2) is 0 Å². The highest BCUT2D eigenvalue weighted by molar-refractivity contribution is 7.47. The van der Waals surface area contributed by atoms with E-state index in [1.54, 1.807) is 0 Å². The SMILES string of the molecule is CCCCCCCCCCCCCCCC(=O)O[C@H](COC(=O)CCCCCCCCCCCCCC)COP(=O)(O)OC[C@@H](O)COP(=O)(O)OC[C@@H](COC(=O)CCCCCCCCC(C)C)OC(=O)CCCCCCCCCCC(C)C. The van der Waals surface area contributed by atoms with Gasteiger partial charge in [-0.2, -0.15) is 0 Å². The van der Waals surface area contributed by atoms with Crippen LogP contribution < -0.4 is 0 Å². The fraction of sp³-hybridized carbons (Fsp3) is 0.939. The summed E-state index contributed by atoms with van der Waals surface area (Å²) in [5.74, 6) is -0.734. The molecule has 17 nitrogen and oxygen atoms in total. The van der Waals surface area contributed by atoms with Gasteiger partial charge in [-0.15, -0.1) is 0 Å². The molecule has 3 N–H and O–H groups in total. The number of hydrogen-bond acceptors (Lipinski definition) is 15. The van der Waals surface area contributed by atoms with Crippen molar-refractivity contribution in [3.63, 3.8) is 0 Å². The molecule has 0 radical (unpaired) electrons. The highest BCUT2D eigenvalue weighted by Gasteiger charge is 2.30. The van der Waals surface area contributed by atoms with Crippen LogP contribution in [0, 0.1) is 11.8 Å². The first kappa shape index (κ1) is 83.1. The number of aliphatic hydroxyl groups excluding tert-OH is 1. The third kappa shape index (κ3) is 60.7. The standard InChI is InChI=1S/C66H128O17P2/c1-7-9-11-13-15-17-19-21-23-25-30-38-44-50-65(70)82-61(54-76-63(68)48-42-36-29-24-22-20-18-16-14-12-10-8-2)56-80-84(72,73)78-52-60(67)53-79-85(74,75)81-57-62(55-77-64(69)49-43-37-33-32-35-41-47-59(5)6)83-66(71)51-45-39-31-27-26-28-34-40-46-58(3)4/h58-62,67H,7-57H2,1-6H3,(H,72,73)(H,74,75)/t60-,61-,62-/m1/s1. The Morgan fingerprint density at radius 3 is 0.800 bits per heavy atom. The summed E-state index contributed by atoms with van der Waals surface area (Å²) in [6, 6.07) is 0. The van der Waals surface area contributed by atoms with Crippen LogP contribution in [-0.4, -0.2) is 96.7 Å². The summed E-state index contributed by atoms with van der Waals surface area (Å²) in [4.78, 5) is 72.3. The predicted molar refractivity (Wildman–Crippen MR) is 340 cm³/mol. The van der Waals surface area contributed by atoms with Crippen molar-refractivity contribution in [1.82, 2.24) is 0 Å². The van der Waals surface area contributed by atoms with Gasteiger partial charge >= 0.3 is 39.5 Å². The predicted octanol–water partition coefficient (Wildman–Crippen LogP) is 18.4. The first-order valence-electron chi connectivity index (χ1n) is 34.5. The molecule has 0 aliphatic rings. The number of hydrogen-bond donors (Lipinski definition) is 3. The largest absolute Gasteiger partial charge is 0.472 e. The van der Waals surface area contributed by atoms with E-state index in [2.05, 4.69) is 41.5 Å². The van der Waals surface area contributed by atoms with Gasteiger partial charge in [-0.05, 0) is 37.5 Å². The zero-order valence-corrected chi connectivity index (χ0v) is 56.7. The number of carbonyl (C=O) groups is 4. The quantitative estimate of drug-likeness (QED) is 0.0222. The van der Waals surface area contributed by atoms with E-state index < -0.39 is 97.5 Å². The van der Waals surface area contributed by atoms with Gasteiger partial charge in [-0.25, -0.2) is 9.13 Å². The second-order valence-corrected chi connectivity index (χ2v) is 27.7. The van der Waals surface area contributed by atoms with E-state index in [1.807, 2.05) is 0 Å². The Morgan fingerprint density at radius 1 is 0.318 bits per heavy atom. The minimum Gasteiger partial charge on any atom is -0.462 e. The number of ether oxygens (including phenoxy) is 4. The number of esters is 4. The van der Waals surface area contributed by atoms with Crippen LogP contribution in [0.2, 0.25) is 0 Å². The number of phosphoric acid groups is 2. The molecule has 0 heterocycles. The van der Waals surface area contributed by atoms with Gasteiger partial charge in [0.2, 0.25) is 0 Å². The maximum absolute atomic E-state index is 13.0.